The number of allylic oxidation sites excluding steroid dienone is 1. The lowest BCUT2D eigenvalue weighted by molar-refractivity contribution is 0.669. The highest BCUT2D eigenvalue weighted by Crippen LogP contribution is 2.43. The largest absolute Gasteiger partial charge is 0.456 e. The summed E-state index contributed by atoms with van der Waals surface area (Å²) in [6.07, 6.45) is 6.60. The van der Waals surface area contributed by atoms with Gasteiger partial charge in [0.2, 0.25) is 5.95 Å². The molecule has 0 N–H and O–H groups in total. The molecule has 8 aromatic carbocycles. The van der Waals surface area contributed by atoms with E-state index in [9.17, 15) is 0 Å². The van der Waals surface area contributed by atoms with E-state index in [1.807, 2.05) is 36.4 Å². The van der Waals surface area contributed by atoms with Gasteiger partial charge in [-0.25, -0.2) is 4.98 Å². The van der Waals surface area contributed by atoms with Crippen molar-refractivity contribution in [3.05, 3.63) is 199 Å². The molecule has 0 aliphatic heterocycles. The lowest BCUT2D eigenvalue weighted by Gasteiger charge is -2.14. The molecular weight excluding hydrogens is 785 g/mol. The minimum absolute atomic E-state index is 0.535. The van der Waals surface area contributed by atoms with Crippen LogP contribution in [0.25, 0.3) is 123 Å². The monoisotopic (exact) mass is 820 g/mol. The van der Waals surface area contributed by atoms with Crippen LogP contribution in [-0.4, -0.2) is 28.7 Å². The quantitative estimate of drug-likeness (QED) is 0.173. The zero-order chi connectivity index (χ0) is 41.9. The molecule has 0 unspecified atom stereocenters. The minimum atomic E-state index is 0.535. The molecule has 7 heteroatoms. The van der Waals surface area contributed by atoms with Crippen molar-refractivity contribution in [1.82, 2.24) is 28.7 Å². The maximum Gasteiger partial charge on any atom is 0.238 e. The number of rotatable bonds is 5. The van der Waals surface area contributed by atoms with E-state index in [2.05, 4.69) is 171 Å². The van der Waals surface area contributed by atoms with Gasteiger partial charge >= 0.3 is 0 Å². The van der Waals surface area contributed by atoms with Gasteiger partial charge in [-0.15, -0.1) is 0 Å². The first-order valence-corrected chi connectivity index (χ1v) is 21.8. The van der Waals surface area contributed by atoms with Gasteiger partial charge in [0.05, 0.1) is 27.6 Å². The fourth-order valence-electron chi connectivity index (χ4n) is 10.4. The molecule has 0 fully saturated rings. The second-order valence-electron chi connectivity index (χ2n) is 16.7. The van der Waals surface area contributed by atoms with Gasteiger partial charge in [-0.3, -0.25) is 4.57 Å². The van der Waals surface area contributed by atoms with Gasteiger partial charge in [-0.05, 0) is 73.5 Å². The lowest BCUT2D eigenvalue weighted by Crippen LogP contribution is -2.07. The van der Waals surface area contributed by atoms with Gasteiger partial charge in [0.25, 0.3) is 0 Å². The van der Waals surface area contributed by atoms with Crippen molar-refractivity contribution in [3.8, 4) is 40.1 Å². The van der Waals surface area contributed by atoms with Crippen molar-refractivity contribution in [2.45, 2.75) is 12.8 Å². The molecule has 0 atom stereocenters. The van der Waals surface area contributed by atoms with E-state index in [4.69, 9.17) is 19.4 Å². The van der Waals surface area contributed by atoms with Crippen molar-refractivity contribution >= 4 is 82.5 Å². The molecule has 1 aliphatic carbocycles. The summed E-state index contributed by atoms with van der Waals surface area (Å²) >= 11 is 0. The van der Waals surface area contributed by atoms with Crippen LogP contribution in [0.3, 0.4) is 0 Å². The Kier molecular flexibility index (Phi) is 7.39. The van der Waals surface area contributed by atoms with Crippen LogP contribution >= 0.6 is 0 Å². The van der Waals surface area contributed by atoms with E-state index in [1.165, 1.54) is 27.5 Å². The standard InChI is InChI=1S/C57H36N6O/c1-3-15-35(16-4-1)55-58-56(36-27-29-43-42-22-10-14-26-51(42)64-52(43)33-36)60-57(59-55)63-50-32-28-38(61-47-23-11-7-19-39(47)40-20-8-12-24-48(40)61)34-46(50)45-31-30-44-41-21-9-13-25-49(41)62(53(44)54(45)63)37-17-5-2-6-18-37/h1-11,13-23,25-34H,12,24H2. The number of nitrogens with zero attached hydrogens (tertiary/aromatic N) is 6. The maximum absolute atomic E-state index is 6.40. The highest BCUT2D eigenvalue weighted by atomic mass is 16.3. The van der Waals surface area contributed by atoms with Crippen LogP contribution in [0, 0.1) is 0 Å². The van der Waals surface area contributed by atoms with Gasteiger partial charge in [-0.2, -0.15) is 9.97 Å². The number of hydrogen-bond acceptors (Lipinski definition) is 4. The molecule has 300 valence electrons. The lowest BCUT2D eigenvalue weighted by atomic mass is 10.0. The van der Waals surface area contributed by atoms with Crippen LogP contribution in [0.2, 0.25) is 0 Å². The molecule has 0 spiro atoms. The molecular formula is C57H36N6O. The number of para-hydroxylation sites is 4. The topological polar surface area (TPSA) is 66.6 Å². The first-order valence-electron chi connectivity index (χ1n) is 21.8. The Hall–Kier alpha value is -8.55. The van der Waals surface area contributed by atoms with Gasteiger partial charge in [0, 0.05) is 71.5 Å². The third-order valence-electron chi connectivity index (χ3n) is 13.2. The normalized spacial score (nSPS) is 12.8. The molecule has 0 saturated heterocycles. The van der Waals surface area contributed by atoms with Crippen LogP contribution in [0.4, 0.5) is 0 Å². The second-order valence-corrected chi connectivity index (χ2v) is 16.7. The van der Waals surface area contributed by atoms with Crippen LogP contribution < -0.4 is 0 Å². The Morgan fingerprint density at radius 3 is 1.86 bits per heavy atom. The molecule has 0 radical (unpaired) electrons. The predicted molar refractivity (Wildman–Crippen MR) is 261 cm³/mol. The summed E-state index contributed by atoms with van der Waals surface area (Å²) in [5.41, 5.74) is 13.7. The highest BCUT2D eigenvalue weighted by Gasteiger charge is 2.25. The van der Waals surface area contributed by atoms with Crippen molar-refractivity contribution in [2.24, 2.45) is 0 Å². The van der Waals surface area contributed by atoms with E-state index in [1.54, 1.807) is 0 Å². The summed E-state index contributed by atoms with van der Waals surface area (Å²) in [7, 11) is 0. The molecule has 13 aromatic rings. The van der Waals surface area contributed by atoms with E-state index >= 15 is 0 Å². The fourth-order valence-corrected chi connectivity index (χ4v) is 10.4. The van der Waals surface area contributed by atoms with Crippen molar-refractivity contribution in [2.75, 3.05) is 0 Å². The Morgan fingerprint density at radius 1 is 0.406 bits per heavy atom. The first kappa shape index (κ1) is 35.1. The van der Waals surface area contributed by atoms with Crippen LogP contribution in [0.1, 0.15) is 17.7 Å². The number of furan rings is 1. The molecule has 0 bridgehead atoms. The predicted octanol–water partition coefficient (Wildman–Crippen LogP) is 14.2. The summed E-state index contributed by atoms with van der Waals surface area (Å²) in [4.78, 5) is 16.0. The number of aromatic nitrogens is 6. The summed E-state index contributed by atoms with van der Waals surface area (Å²) in [6.45, 7) is 0. The number of fused-ring (bicyclic) bond motifs is 13. The molecule has 14 rings (SSSR count). The second kappa shape index (κ2) is 13.5. The van der Waals surface area contributed by atoms with Crippen LogP contribution in [0.15, 0.2) is 192 Å². The van der Waals surface area contributed by atoms with Crippen molar-refractivity contribution in [1.29, 1.82) is 0 Å². The molecule has 0 saturated carbocycles. The highest BCUT2D eigenvalue weighted by molar-refractivity contribution is 6.24. The van der Waals surface area contributed by atoms with Crippen molar-refractivity contribution < 1.29 is 4.42 Å². The summed E-state index contributed by atoms with van der Waals surface area (Å²) < 4.78 is 13.5. The van der Waals surface area contributed by atoms with Crippen LogP contribution in [0.5, 0.6) is 0 Å². The summed E-state index contributed by atoms with van der Waals surface area (Å²) in [5.74, 6) is 1.69. The average Bonchev–Trinajstić information content (AvgIpc) is 4.10. The van der Waals surface area contributed by atoms with Gasteiger partial charge < -0.3 is 13.6 Å². The molecule has 0 amide bonds. The smallest absolute Gasteiger partial charge is 0.238 e. The summed E-state index contributed by atoms with van der Waals surface area (Å²) in [6, 6.07) is 64.3. The van der Waals surface area contributed by atoms with Gasteiger partial charge in [-0.1, -0.05) is 133 Å². The molecule has 5 heterocycles. The van der Waals surface area contributed by atoms with Gasteiger partial charge in [0.15, 0.2) is 11.6 Å². The van der Waals surface area contributed by atoms with E-state index < -0.39 is 0 Å². The van der Waals surface area contributed by atoms with Gasteiger partial charge in [0.1, 0.15) is 11.2 Å². The van der Waals surface area contributed by atoms with E-state index in [-0.39, 0.29) is 0 Å². The third-order valence-corrected chi connectivity index (χ3v) is 13.2. The van der Waals surface area contributed by atoms with Crippen LogP contribution in [-0.2, 0) is 6.42 Å². The number of hydrogen-bond donors (Lipinski definition) is 0. The number of benzene rings is 8. The Bertz CT molecular complexity index is 4070. The Labute approximate surface area is 366 Å². The maximum atomic E-state index is 6.40. The SMILES string of the molecule is C1=Cc2c(n(-c3ccc4c(c3)c3ccc5c6ccccc6n(-c6ccccc6)c5c3n4-c3nc(-c4ccccc4)nc(-c4ccc5c(c4)oc4ccccc45)n3)c3ccccc23)CC1. The first-order chi connectivity index (χ1) is 31.7. The van der Waals surface area contributed by atoms with E-state index in [0.29, 0.717) is 17.6 Å². The molecule has 5 aromatic heterocycles. The fraction of sp³-hybridized carbons (Fsp3) is 0.0351. The van der Waals surface area contributed by atoms with Crippen molar-refractivity contribution in [3.63, 3.8) is 0 Å². The Balaban J connectivity index is 1.11. The van der Waals surface area contributed by atoms with E-state index in [0.717, 1.165) is 95.5 Å². The summed E-state index contributed by atoms with van der Waals surface area (Å²) in [5, 5.41) is 7.97. The third kappa shape index (κ3) is 5.06. The Morgan fingerprint density at radius 2 is 1.03 bits per heavy atom. The zero-order valence-corrected chi connectivity index (χ0v) is 34.5. The molecule has 1 aliphatic rings. The minimum Gasteiger partial charge on any atom is -0.456 e. The molecule has 7 nitrogen and oxygen atoms in total. The molecule has 64 heavy (non-hydrogen) atoms. The average molecular weight is 821 g/mol. The zero-order valence-electron chi connectivity index (χ0n) is 34.5.